The van der Waals surface area contributed by atoms with Gasteiger partial charge in [-0.15, -0.1) is 11.1 Å². The third-order valence-corrected chi connectivity index (χ3v) is 10.7. The Morgan fingerprint density at radius 2 is 1.79 bits per heavy atom. The standard InChI is InChI=1S/C31H31P.CH3.Na/c1-31(2)29(32(3)28-17-15-21-9-6-7-14-26(21)30(28)31)18-16-22-12-8-13-25-19-23-10-4-5-11-24(23)20-27(22)25;;/h4,6-7,9-11,14,16,18-19H,8,12-13,15,17,20H2,1-3H3;1H3;/q;-1;+1/b18-16+;;. The van der Waals surface area contributed by atoms with Gasteiger partial charge in [0.15, 0.2) is 0 Å². The zero-order valence-corrected chi connectivity index (χ0v) is 24.4. The fraction of sp³-hybridized carbons (Fsp3) is 0.312. The fourth-order valence-electron chi connectivity index (χ4n) is 6.44. The van der Waals surface area contributed by atoms with E-state index in [2.05, 4.69) is 81.2 Å². The SMILES string of the molecule is C[P+]1=C(/C=C/C2=C3Cc4c[c-]ccc4C=C3CCC2)C(C)(C)C2=C1CCc1ccccc12.[CH3-].[Na+]. The Hall–Kier alpha value is -1.43. The summed E-state index contributed by atoms with van der Waals surface area (Å²) in [5.74, 6) is 0. The van der Waals surface area contributed by atoms with E-state index in [4.69, 9.17) is 0 Å². The molecule has 0 amide bonds. The molecule has 0 aromatic heterocycles. The van der Waals surface area contributed by atoms with Crippen molar-refractivity contribution in [2.75, 3.05) is 6.66 Å². The topological polar surface area (TPSA) is 0 Å². The van der Waals surface area contributed by atoms with E-state index in [-0.39, 0.29) is 49.9 Å². The van der Waals surface area contributed by atoms with Crippen LogP contribution in [0.3, 0.4) is 0 Å². The van der Waals surface area contributed by atoms with E-state index in [1.54, 1.807) is 32.9 Å². The van der Waals surface area contributed by atoms with Gasteiger partial charge in [0.1, 0.15) is 24.8 Å². The van der Waals surface area contributed by atoms with Crippen molar-refractivity contribution < 1.29 is 29.6 Å². The summed E-state index contributed by atoms with van der Waals surface area (Å²) in [6.45, 7) is 7.43. The van der Waals surface area contributed by atoms with Gasteiger partial charge >= 0.3 is 29.6 Å². The Morgan fingerprint density at radius 1 is 0.971 bits per heavy atom. The molecule has 1 heterocycles. The van der Waals surface area contributed by atoms with E-state index in [0.717, 1.165) is 6.42 Å². The Balaban J connectivity index is 0.00000137. The van der Waals surface area contributed by atoms with Crippen LogP contribution in [0.4, 0.5) is 0 Å². The van der Waals surface area contributed by atoms with E-state index >= 15 is 0 Å². The zero-order valence-electron chi connectivity index (χ0n) is 21.5. The van der Waals surface area contributed by atoms with Crippen LogP contribution in [0.2, 0.25) is 0 Å². The molecule has 1 atom stereocenters. The second-order valence-electron chi connectivity index (χ2n) is 10.2. The summed E-state index contributed by atoms with van der Waals surface area (Å²) in [5.41, 5.74) is 12.3. The van der Waals surface area contributed by atoms with Crippen molar-refractivity contribution in [3.05, 3.63) is 112 Å². The molecule has 1 unspecified atom stereocenters. The summed E-state index contributed by atoms with van der Waals surface area (Å²) in [5, 5.41) is 3.40. The largest absolute Gasteiger partial charge is 1.00 e. The summed E-state index contributed by atoms with van der Waals surface area (Å²) >= 11 is 0. The first-order valence-corrected chi connectivity index (χ1v) is 13.9. The maximum atomic E-state index is 3.28. The van der Waals surface area contributed by atoms with E-state index in [1.165, 1.54) is 54.4 Å². The quantitative estimate of drug-likeness (QED) is 0.303. The van der Waals surface area contributed by atoms with Gasteiger partial charge in [0.2, 0.25) is 0 Å². The monoisotopic (exact) mass is 472 g/mol. The zero-order chi connectivity index (χ0) is 21.9. The average molecular weight is 473 g/mol. The van der Waals surface area contributed by atoms with Crippen LogP contribution in [0.25, 0.3) is 11.6 Å². The van der Waals surface area contributed by atoms with Crippen LogP contribution in [-0.4, -0.2) is 12.0 Å². The number of allylic oxidation sites excluding steroid dienone is 7. The van der Waals surface area contributed by atoms with Crippen molar-refractivity contribution in [3.63, 3.8) is 0 Å². The minimum atomic E-state index is -0.219. The smallest absolute Gasteiger partial charge is 0.358 e. The maximum Gasteiger partial charge on any atom is 1.00 e. The summed E-state index contributed by atoms with van der Waals surface area (Å²) in [7, 11) is -0.219. The molecule has 2 heteroatoms. The summed E-state index contributed by atoms with van der Waals surface area (Å²) < 4.78 is 0. The van der Waals surface area contributed by atoms with Gasteiger partial charge in [-0.05, 0) is 79.9 Å². The molecule has 0 fully saturated rings. The van der Waals surface area contributed by atoms with Crippen molar-refractivity contribution >= 4 is 24.5 Å². The molecular weight excluding hydrogens is 438 g/mol. The molecule has 0 radical (unpaired) electrons. The maximum absolute atomic E-state index is 3.28. The first-order valence-electron chi connectivity index (χ1n) is 12.1. The molecule has 2 aromatic carbocycles. The van der Waals surface area contributed by atoms with Crippen LogP contribution < -0.4 is 29.6 Å². The van der Waals surface area contributed by atoms with Gasteiger partial charge < -0.3 is 7.43 Å². The van der Waals surface area contributed by atoms with Gasteiger partial charge in [-0.3, -0.25) is 0 Å². The van der Waals surface area contributed by atoms with E-state index in [0.29, 0.717) is 0 Å². The minimum Gasteiger partial charge on any atom is -0.358 e. The molecule has 3 aliphatic carbocycles. The molecule has 6 rings (SSSR count). The molecule has 0 N–H and O–H groups in total. The van der Waals surface area contributed by atoms with Crippen LogP contribution in [0, 0.1) is 18.9 Å². The van der Waals surface area contributed by atoms with Crippen LogP contribution in [0.5, 0.6) is 0 Å². The van der Waals surface area contributed by atoms with Gasteiger partial charge in [-0.1, -0.05) is 36.4 Å². The third kappa shape index (κ3) is 4.12. The first kappa shape index (κ1) is 25.7. The number of benzene rings is 2. The number of hydrogen-bond donors (Lipinski definition) is 0. The van der Waals surface area contributed by atoms with E-state index < -0.39 is 0 Å². The summed E-state index contributed by atoms with van der Waals surface area (Å²) in [6.07, 6.45) is 14.7. The fourth-order valence-corrected chi connectivity index (χ4v) is 9.16. The predicted molar refractivity (Wildman–Crippen MR) is 147 cm³/mol. The molecular formula is C32H34NaP. The molecule has 168 valence electrons. The van der Waals surface area contributed by atoms with Crippen molar-refractivity contribution in [2.45, 2.75) is 52.4 Å². The molecule has 1 aliphatic heterocycles. The number of fused-ring (bicyclic) bond motifs is 4. The van der Waals surface area contributed by atoms with Crippen LogP contribution in [0.1, 0.15) is 61.8 Å². The second-order valence-corrected chi connectivity index (χ2v) is 12.3. The van der Waals surface area contributed by atoms with Gasteiger partial charge in [0, 0.05) is 12.0 Å². The predicted octanol–water partition coefficient (Wildman–Crippen LogP) is 5.60. The van der Waals surface area contributed by atoms with Crippen molar-refractivity contribution in [1.29, 1.82) is 0 Å². The van der Waals surface area contributed by atoms with Gasteiger partial charge in [-0.2, -0.15) is 24.3 Å². The molecule has 0 bridgehead atoms. The molecule has 0 nitrogen and oxygen atoms in total. The van der Waals surface area contributed by atoms with Crippen molar-refractivity contribution in [2.24, 2.45) is 5.41 Å². The van der Waals surface area contributed by atoms with Gasteiger partial charge in [-0.25, -0.2) is 0 Å². The normalized spacial score (nSPS) is 21.2. The molecule has 2 aromatic rings. The first-order chi connectivity index (χ1) is 15.5. The second kappa shape index (κ2) is 9.91. The van der Waals surface area contributed by atoms with E-state index in [9.17, 15) is 0 Å². The molecule has 34 heavy (non-hydrogen) atoms. The van der Waals surface area contributed by atoms with Gasteiger partial charge in [0.25, 0.3) is 0 Å². The summed E-state index contributed by atoms with van der Waals surface area (Å²) in [4.78, 5) is 0. The van der Waals surface area contributed by atoms with Crippen LogP contribution in [-0.2, 0) is 12.8 Å². The third-order valence-electron chi connectivity index (χ3n) is 8.03. The molecule has 0 saturated heterocycles. The summed E-state index contributed by atoms with van der Waals surface area (Å²) in [6, 6.07) is 18.8. The number of hydrogen-bond acceptors (Lipinski definition) is 0. The minimum absolute atomic E-state index is 0. The molecule has 0 saturated carbocycles. The Kier molecular flexibility index (Phi) is 7.48. The Morgan fingerprint density at radius 3 is 2.65 bits per heavy atom. The molecule has 0 spiro atoms. The van der Waals surface area contributed by atoms with Gasteiger partial charge in [0.05, 0.1) is 5.41 Å². The Bertz CT molecular complexity index is 1300. The number of rotatable bonds is 2. The Labute approximate surface area is 229 Å². The van der Waals surface area contributed by atoms with Crippen LogP contribution in [0.15, 0.2) is 76.7 Å². The van der Waals surface area contributed by atoms with Crippen LogP contribution >= 0.6 is 7.55 Å². The van der Waals surface area contributed by atoms with Crippen molar-refractivity contribution in [1.82, 2.24) is 0 Å². The average Bonchev–Trinajstić information content (AvgIpc) is 3.01. The van der Waals surface area contributed by atoms with E-state index in [1.807, 2.05) is 6.07 Å². The molecule has 4 aliphatic rings. The number of aryl methyl sites for hydroxylation is 1. The van der Waals surface area contributed by atoms with Crippen molar-refractivity contribution in [3.8, 4) is 0 Å².